The zero-order valence-corrected chi connectivity index (χ0v) is 52.7. The number of hydrogen-bond donors (Lipinski definition) is 0. The van der Waals surface area contributed by atoms with Crippen LogP contribution in [-0.2, 0) is 0 Å². The largest absolute Gasteiger partial charge is 0.265 e. The van der Waals surface area contributed by atoms with Crippen molar-refractivity contribution >= 4 is 88.6 Å². The molecule has 0 aliphatic rings. The first-order valence-electron chi connectivity index (χ1n) is 23.1. The summed E-state index contributed by atoms with van der Waals surface area (Å²) >= 11 is 16.4. The van der Waals surface area contributed by atoms with E-state index in [4.69, 9.17) is 11.6 Å². The van der Waals surface area contributed by atoms with Crippen LogP contribution in [-0.4, -0.2) is 59.8 Å². The molecule has 0 spiro atoms. The van der Waals surface area contributed by atoms with Crippen LogP contribution in [0, 0.1) is 88.3 Å². The second-order valence-electron chi connectivity index (χ2n) is 15.7. The van der Waals surface area contributed by atoms with Crippen molar-refractivity contribution in [2.24, 2.45) is 0 Å². The van der Waals surface area contributed by atoms with E-state index in [1.54, 1.807) is 68.5 Å². The molecule has 10 rings (SSSR count). The second kappa shape index (κ2) is 43.0. The molecule has 0 saturated carbocycles. The number of hydrogen-bond acceptors (Lipinski definition) is 12. The van der Waals surface area contributed by atoms with E-state index >= 15 is 0 Å². The van der Waals surface area contributed by atoms with Gasteiger partial charge in [-0.05, 0) is 252 Å². The lowest BCUT2D eigenvalue weighted by molar-refractivity contribution is 0.583. The molecular weight excluding hydrogens is 1350 g/mol. The fraction of sp³-hybridized carbons (Fsp3) is 0.172. The smallest absolute Gasteiger partial charge is 0.212 e. The highest BCUT2D eigenvalue weighted by atomic mass is 127. The number of aryl methyl sites for hydroxylation is 10. The Bertz CT molecular complexity index is 2320. The lowest BCUT2D eigenvalue weighted by atomic mass is 10.3. The molecule has 10 heterocycles. The standard InChI is InChI=1S/2C6H6BrN.C6H6ClN.C6H6FN.2C6H6IN.2C6H7N.C5H5FN2.C5H6N2/c1-5-2-3-6(7)4-8-5;3*1-5-2-3-6(7)8-4-5;1-5-2-3-6(7)4-8-5;1-5-2-3-6(7)8-4-5;1-6-2-4-7-5-3-6;1-6-3-2-4-7-5-6;1-4-7-2-5(6)3-8-4;1-5-6-3-2-4-7-5/h6*2-4H,1H3;2*2-5H,1H3;2-3H,1H3;2-4H,1H3. The molecule has 19 heteroatoms. The minimum absolute atomic E-state index is 0.393. The third-order valence-electron chi connectivity index (χ3n) is 8.35. The monoisotopic (exact) mass is 1410 g/mol. The first-order chi connectivity index (χ1) is 36.7. The van der Waals surface area contributed by atoms with E-state index in [1.807, 2.05) is 160 Å². The van der Waals surface area contributed by atoms with Crippen molar-refractivity contribution in [2.75, 3.05) is 0 Å². The predicted molar refractivity (Wildman–Crippen MR) is 331 cm³/mol. The van der Waals surface area contributed by atoms with Gasteiger partial charge in [0.25, 0.3) is 0 Å². The van der Waals surface area contributed by atoms with E-state index in [1.165, 1.54) is 38.1 Å². The summed E-state index contributed by atoms with van der Waals surface area (Å²) in [5.74, 6) is 0.597. The molecule has 0 aliphatic heterocycles. The van der Waals surface area contributed by atoms with Crippen LogP contribution >= 0.6 is 88.6 Å². The zero-order chi connectivity index (χ0) is 57.2. The lowest BCUT2D eigenvalue weighted by Gasteiger charge is -1.87. The van der Waals surface area contributed by atoms with Gasteiger partial charge >= 0.3 is 0 Å². The molecule has 10 aromatic rings. The molecule has 12 nitrogen and oxygen atoms in total. The van der Waals surface area contributed by atoms with Gasteiger partial charge in [-0.25, -0.2) is 39.3 Å². The molecule has 0 unspecified atom stereocenters. The van der Waals surface area contributed by atoms with E-state index in [0.29, 0.717) is 11.0 Å². The molecule has 0 atom stereocenters. The lowest BCUT2D eigenvalue weighted by Crippen LogP contribution is -1.85. The maximum absolute atomic E-state index is 12.0. The summed E-state index contributed by atoms with van der Waals surface area (Å²) in [6.07, 6.45) is 23.5. The maximum atomic E-state index is 12.0. The topological polar surface area (TPSA) is 155 Å². The van der Waals surface area contributed by atoms with Gasteiger partial charge in [0.05, 0.1) is 12.4 Å². The molecule has 0 N–H and O–H groups in total. The summed E-state index contributed by atoms with van der Waals surface area (Å²) in [7, 11) is 0. The first-order valence-corrected chi connectivity index (χ1v) is 27.2. The van der Waals surface area contributed by atoms with Crippen LogP contribution in [0.3, 0.4) is 0 Å². The molecule has 402 valence electrons. The van der Waals surface area contributed by atoms with Crippen LogP contribution in [0.5, 0.6) is 0 Å². The van der Waals surface area contributed by atoms with Crippen molar-refractivity contribution in [2.45, 2.75) is 69.2 Å². The van der Waals surface area contributed by atoms with Gasteiger partial charge in [-0.15, -0.1) is 0 Å². The predicted octanol–water partition coefficient (Wildman–Crippen LogP) is 16.4. The maximum Gasteiger partial charge on any atom is 0.212 e. The van der Waals surface area contributed by atoms with Crippen molar-refractivity contribution < 1.29 is 8.78 Å². The van der Waals surface area contributed by atoms with Crippen molar-refractivity contribution in [3.05, 3.63) is 280 Å². The third kappa shape index (κ3) is 41.7. The van der Waals surface area contributed by atoms with Crippen LogP contribution in [0.1, 0.15) is 56.4 Å². The van der Waals surface area contributed by atoms with Crippen LogP contribution in [0.15, 0.2) is 199 Å². The summed E-state index contributed by atoms with van der Waals surface area (Å²) in [5.41, 5.74) is 9.11. The highest BCUT2D eigenvalue weighted by Crippen LogP contribution is 2.07. The molecule has 0 bridgehead atoms. The molecule has 0 fully saturated rings. The molecule has 0 aromatic carbocycles. The number of rotatable bonds is 0. The minimum atomic E-state index is -0.421. The molecule has 0 radical (unpaired) electrons. The van der Waals surface area contributed by atoms with Gasteiger partial charge in [0.15, 0.2) is 5.82 Å². The summed E-state index contributed by atoms with van der Waals surface area (Å²) in [6.45, 7) is 19.5. The first kappa shape index (κ1) is 68.9. The highest BCUT2D eigenvalue weighted by molar-refractivity contribution is 14.1. The second-order valence-corrected chi connectivity index (χ2v) is 20.1. The summed E-state index contributed by atoms with van der Waals surface area (Å²) in [5, 5.41) is 0.551. The Kier molecular flexibility index (Phi) is 38.5. The Labute approximate surface area is 501 Å². The van der Waals surface area contributed by atoms with Crippen LogP contribution < -0.4 is 0 Å². The van der Waals surface area contributed by atoms with Gasteiger partial charge in [-0.1, -0.05) is 41.9 Å². The molecule has 10 aromatic heterocycles. The van der Waals surface area contributed by atoms with Crippen LogP contribution in [0.2, 0.25) is 5.15 Å². The van der Waals surface area contributed by atoms with Crippen LogP contribution in [0.4, 0.5) is 8.78 Å². The fourth-order valence-electron chi connectivity index (χ4n) is 4.32. The van der Waals surface area contributed by atoms with Crippen molar-refractivity contribution in [3.8, 4) is 0 Å². The Morgan fingerprint density at radius 1 is 0.377 bits per heavy atom. The molecule has 0 aliphatic carbocycles. The Hall–Kier alpha value is -6.07. The Balaban J connectivity index is 0.000000428. The van der Waals surface area contributed by atoms with E-state index in [-0.39, 0.29) is 0 Å². The Morgan fingerprint density at radius 2 is 0.896 bits per heavy atom. The van der Waals surface area contributed by atoms with E-state index in [2.05, 4.69) is 143 Å². The minimum Gasteiger partial charge on any atom is -0.265 e. The van der Waals surface area contributed by atoms with Gasteiger partial charge in [0, 0.05) is 93.8 Å². The number of pyridine rings is 8. The number of nitrogens with zero attached hydrogens (tertiary/aromatic N) is 12. The van der Waals surface area contributed by atoms with E-state index in [9.17, 15) is 8.78 Å². The van der Waals surface area contributed by atoms with Gasteiger partial charge in [0.2, 0.25) is 5.95 Å². The summed E-state index contributed by atoms with van der Waals surface area (Å²) in [4.78, 5) is 46.1. The SMILES string of the molecule is Cc1ccc(Br)cn1.Cc1ccc(Br)nc1.Cc1ccc(Cl)nc1.Cc1ccc(F)nc1.Cc1ccc(I)cn1.Cc1ccc(I)nc1.Cc1cccnc1.Cc1ccncc1.Cc1ncc(F)cn1.Cc1ncccn1. The zero-order valence-electron chi connectivity index (χ0n) is 44.4. The quantitative estimate of drug-likeness (QED) is 0.105. The summed E-state index contributed by atoms with van der Waals surface area (Å²) in [6, 6.07) is 32.4. The van der Waals surface area contributed by atoms with Crippen molar-refractivity contribution in [3.63, 3.8) is 0 Å². The van der Waals surface area contributed by atoms with E-state index in [0.717, 1.165) is 53.5 Å². The average Bonchev–Trinajstić information content (AvgIpc) is 3.42. The number of halogens is 7. The number of aromatic nitrogens is 12. The van der Waals surface area contributed by atoms with Crippen LogP contribution in [0.25, 0.3) is 0 Å². The van der Waals surface area contributed by atoms with Crippen molar-refractivity contribution in [1.82, 2.24) is 59.8 Å². The molecular formula is C58H61Br2ClF2I2N12. The normalized spacial score (nSPS) is 9.10. The summed E-state index contributed by atoms with van der Waals surface area (Å²) < 4.78 is 28.1. The fourth-order valence-corrected chi connectivity index (χ4v) is 5.54. The third-order valence-corrected chi connectivity index (χ3v) is 10.8. The molecule has 77 heavy (non-hydrogen) atoms. The molecule has 0 amide bonds. The van der Waals surface area contributed by atoms with E-state index < -0.39 is 11.8 Å². The van der Waals surface area contributed by atoms with Gasteiger partial charge in [-0.2, -0.15) is 4.39 Å². The highest BCUT2D eigenvalue weighted by Gasteiger charge is 1.89. The average molecular weight is 1410 g/mol. The van der Waals surface area contributed by atoms with Crippen molar-refractivity contribution in [1.29, 1.82) is 0 Å². The van der Waals surface area contributed by atoms with Gasteiger partial charge in [0.1, 0.15) is 25.1 Å². The van der Waals surface area contributed by atoms with Gasteiger partial charge in [-0.3, -0.25) is 24.9 Å². The Morgan fingerprint density at radius 3 is 1.19 bits per heavy atom. The molecule has 0 saturated heterocycles. The van der Waals surface area contributed by atoms with Gasteiger partial charge < -0.3 is 0 Å².